The van der Waals surface area contributed by atoms with Crippen LogP contribution in [0, 0.1) is 11.6 Å². The summed E-state index contributed by atoms with van der Waals surface area (Å²) in [5.41, 5.74) is 0. The summed E-state index contributed by atoms with van der Waals surface area (Å²) in [6.45, 7) is 0. The average molecular weight is 274 g/mol. The molecule has 1 aromatic carbocycles. The van der Waals surface area contributed by atoms with Gasteiger partial charge in [0.15, 0.2) is 9.84 Å². The second kappa shape index (κ2) is 4.76. The van der Waals surface area contributed by atoms with E-state index in [0.29, 0.717) is 25.3 Å². The molecule has 0 aromatic heterocycles. The van der Waals surface area contributed by atoms with Crippen LogP contribution in [0.5, 0.6) is 0 Å². The van der Waals surface area contributed by atoms with Gasteiger partial charge in [0.25, 0.3) is 0 Å². The Kier molecular flexibility index (Phi) is 3.47. The number of benzene rings is 1. The Labute approximate surface area is 104 Å². The third kappa shape index (κ3) is 2.43. The Morgan fingerprint density at radius 1 is 1.22 bits per heavy atom. The summed E-state index contributed by atoms with van der Waals surface area (Å²) in [6.07, 6.45) is 1.12. The average Bonchev–Trinajstić information content (AvgIpc) is 2.28. The molecule has 0 heterocycles. The van der Waals surface area contributed by atoms with Crippen molar-refractivity contribution in [1.82, 2.24) is 0 Å². The van der Waals surface area contributed by atoms with Gasteiger partial charge >= 0.3 is 0 Å². The molecule has 0 spiro atoms. The van der Waals surface area contributed by atoms with Crippen molar-refractivity contribution in [1.29, 1.82) is 0 Å². The monoisotopic (exact) mass is 274 g/mol. The van der Waals surface area contributed by atoms with Gasteiger partial charge in [0.05, 0.1) is 5.25 Å². The lowest BCUT2D eigenvalue weighted by molar-refractivity contribution is -0.120. The molecule has 2 rings (SSSR count). The summed E-state index contributed by atoms with van der Waals surface area (Å²) in [4.78, 5) is 10.7. The number of hydrogen-bond donors (Lipinski definition) is 0. The summed E-state index contributed by atoms with van der Waals surface area (Å²) >= 11 is 0. The molecule has 1 unspecified atom stereocenters. The van der Waals surface area contributed by atoms with E-state index in [4.69, 9.17) is 0 Å². The maximum absolute atomic E-state index is 13.5. The molecule has 0 saturated heterocycles. The zero-order valence-corrected chi connectivity index (χ0v) is 10.3. The van der Waals surface area contributed by atoms with E-state index in [1.165, 1.54) is 0 Å². The summed E-state index contributed by atoms with van der Waals surface area (Å²) in [5.74, 6) is -2.06. The van der Waals surface area contributed by atoms with Crippen molar-refractivity contribution in [2.24, 2.45) is 0 Å². The molecule has 0 radical (unpaired) electrons. The number of hydrogen-bond acceptors (Lipinski definition) is 3. The maximum atomic E-state index is 13.5. The van der Waals surface area contributed by atoms with E-state index in [1.54, 1.807) is 0 Å². The van der Waals surface area contributed by atoms with Crippen LogP contribution in [0.2, 0.25) is 0 Å². The molecule has 0 N–H and O–H groups in total. The minimum atomic E-state index is -3.90. The minimum Gasteiger partial charge on any atom is -0.300 e. The van der Waals surface area contributed by atoms with E-state index in [2.05, 4.69) is 0 Å². The first-order valence-corrected chi connectivity index (χ1v) is 7.16. The molecular formula is C12H12F2O3S. The van der Waals surface area contributed by atoms with Crippen LogP contribution in [0.15, 0.2) is 23.1 Å². The number of sulfone groups is 1. The first-order valence-electron chi connectivity index (χ1n) is 5.62. The van der Waals surface area contributed by atoms with Crippen molar-refractivity contribution in [2.75, 3.05) is 0 Å². The highest BCUT2D eigenvalue weighted by atomic mass is 32.2. The normalized spacial score (nSPS) is 21.0. The van der Waals surface area contributed by atoms with Gasteiger partial charge in [-0.05, 0) is 25.0 Å². The molecule has 0 bridgehead atoms. The van der Waals surface area contributed by atoms with Crippen molar-refractivity contribution in [3.05, 3.63) is 29.8 Å². The molecule has 98 valence electrons. The molecular weight excluding hydrogens is 262 g/mol. The molecule has 0 amide bonds. The fourth-order valence-corrected chi connectivity index (χ4v) is 3.97. The van der Waals surface area contributed by atoms with Gasteiger partial charge in [-0.3, -0.25) is 4.79 Å². The van der Waals surface area contributed by atoms with E-state index in [0.717, 1.165) is 12.1 Å². The van der Waals surface area contributed by atoms with E-state index in [-0.39, 0.29) is 12.2 Å². The predicted octanol–water partition coefficient (Wildman–Crippen LogP) is 2.25. The van der Waals surface area contributed by atoms with E-state index >= 15 is 0 Å². The molecule has 0 aliphatic heterocycles. The van der Waals surface area contributed by atoms with Gasteiger partial charge in [-0.1, -0.05) is 0 Å². The number of ketones is 1. The lowest BCUT2D eigenvalue weighted by Crippen LogP contribution is -2.29. The van der Waals surface area contributed by atoms with Gasteiger partial charge in [-0.25, -0.2) is 17.2 Å². The lowest BCUT2D eigenvalue weighted by Gasteiger charge is -2.21. The smallest absolute Gasteiger partial charge is 0.184 e. The van der Waals surface area contributed by atoms with E-state index < -0.39 is 31.6 Å². The third-order valence-corrected chi connectivity index (χ3v) is 5.30. The molecule has 18 heavy (non-hydrogen) atoms. The van der Waals surface area contributed by atoms with Crippen LogP contribution >= 0.6 is 0 Å². The van der Waals surface area contributed by atoms with Crippen LogP contribution in [0.1, 0.15) is 25.7 Å². The summed E-state index contributed by atoms with van der Waals surface area (Å²) in [6, 6.07) is 2.36. The number of carbonyl (C=O) groups is 1. The molecule has 1 fully saturated rings. The van der Waals surface area contributed by atoms with E-state index in [9.17, 15) is 22.0 Å². The standard InChI is InChI=1S/C12H12F2O3S/c13-8-4-5-12(11(14)6-8)18(16,17)10-3-1-2-9(15)7-10/h4-6,10H,1-3,7H2. The van der Waals surface area contributed by atoms with E-state index in [1.807, 2.05) is 0 Å². The second-order valence-corrected chi connectivity index (χ2v) is 6.57. The fourth-order valence-electron chi connectivity index (χ4n) is 2.14. The van der Waals surface area contributed by atoms with Gasteiger partial charge in [-0.2, -0.15) is 0 Å². The Bertz CT molecular complexity index is 581. The van der Waals surface area contributed by atoms with Crippen molar-refractivity contribution in [3.63, 3.8) is 0 Å². The van der Waals surface area contributed by atoms with Crippen LogP contribution in [-0.2, 0) is 14.6 Å². The van der Waals surface area contributed by atoms with Crippen LogP contribution < -0.4 is 0 Å². The fraction of sp³-hybridized carbons (Fsp3) is 0.417. The molecule has 6 heteroatoms. The molecule has 1 aliphatic carbocycles. The second-order valence-electron chi connectivity index (χ2n) is 4.38. The van der Waals surface area contributed by atoms with Crippen LogP contribution in [-0.4, -0.2) is 19.5 Å². The Morgan fingerprint density at radius 3 is 2.56 bits per heavy atom. The zero-order valence-electron chi connectivity index (χ0n) is 9.53. The molecule has 1 aromatic rings. The molecule has 1 saturated carbocycles. The van der Waals surface area contributed by atoms with Crippen molar-refractivity contribution >= 4 is 15.6 Å². The first-order chi connectivity index (χ1) is 8.41. The SMILES string of the molecule is O=C1CCCC(S(=O)(=O)c2ccc(F)cc2F)C1. The van der Waals surface area contributed by atoms with Gasteiger partial charge in [0.2, 0.25) is 0 Å². The van der Waals surface area contributed by atoms with Gasteiger partial charge in [-0.15, -0.1) is 0 Å². The number of carbonyl (C=O) groups excluding carboxylic acids is 1. The van der Waals surface area contributed by atoms with Crippen LogP contribution in [0.25, 0.3) is 0 Å². The molecule has 1 atom stereocenters. The Hall–Kier alpha value is -1.30. The highest BCUT2D eigenvalue weighted by Crippen LogP contribution is 2.28. The number of Topliss-reactive ketones (excluding diaryl/α,β-unsaturated/α-hetero) is 1. The Morgan fingerprint density at radius 2 is 1.94 bits per heavy atom. The quantitative estimate of drug-likeness (QED) is 0.777. The van der Waals surface area contributed by atoms with Gasteiger partial charge in [0, 0.05) is 18.9 Å². The maximum Gasteiger partial charge on any atom is 0.184 e. The largest absolute Gasteiger partial charge is 0.300 e. The van der Waals surface area contributed by atoms with Crippen LogP contribution in [0.4, 0.5) is 8.78 Å². The topological polar surface area (TPSA) is 51.2 Å². The predicted molar refractivity (Wildman–Crippen MR) is 60.8 cm³/mol. The summed E-state index contributed by atoms with van der Waals surface area (Å²) in [7, 11) is -3.90. The number of rotatable bonds is 2. The van der Waals surface area contributed by atoms with Crippen molar-refractivity contribution < 1.29 is 22.0 Å². The summed E-state index contributed by atoms with van der Waals surface area (Å²) in [5, 5.41) is -0.890. The zero-order chi connectivity index (χ0) is 13.3. The lowest BCUT2D eigenvalue weighted by atomic mass is 9.99. The van der Waals surface area contributed by atoms with Gasteiger partial charge in [0.1, 0.15) is 22.3 Å². The molecule has 3 nitrogen and oxygen atoms in total. The Balaban J connectivity index is 2.38. The minimum absolute atomic E-state index is 0.0842. The van der Waals surface area contributed by atoms with Crippen LogP contribution in [0.3, 0.4) is 0 Å². The molecule has 1 aliphatic rings. The number of halogens is 2. The first kappa shape index (κ1) is 13.1. The van der Waals surface area contributed by atoms with Gasteiger partial charge < -0.3 is 0 Å². The van der Waals surface area contributed by atoms with Crippen molar-refractivity contribution in [3.8, 4) is 0 Å². The highest BCUT2D eigenvalue weighted by molar-refractivity contribution is 7.92. The summed E-state index contributed by atoms with van der Waals surface area (Å²) < 4.78 is 50.5. The van der Waals surface area contributed by atoms with Crippen molar-refractivity contribution in [2.45, 2.75) is 35.8 Å². The third-order valence-electron chi connectivity index (χ3n) is 3.08. The highest BCUT2D eigenvalue weighted by Gasteiger charge is 2.33.